The average Bonchev–Trinajstić information content (AvgIpc) is 2.85. The van der Waals surface area contributed by atoms with E-state index < -0.39 is 0 Å². The molecule has 2 heterocycles. The fourth-order valence-corrected chi connectivity index (χ4v) is 2.56. The van der Waals surface area contributed by atoms with Gasteiger partial charge in [-0.3, -0.25) is 9.59 Å². The van der Waals surface area contributed by atoms with Gasteiger partial charge in [-0.25, -0.2) is 0 Å². The number of hydrogen-bond acceptors (Lipinski definition) is 4. The van der Waals surface area contributed by atoms with E-state index in [0.717, 1.165) is 12.8 Å². The molecule has 19 heavy (non-hydrogen) atoms. The molecule has 0 aromatic carbocycles. The van der Waals surface area contributed by atoms with E-state index in [1.165, 1.54) is 6.26 Å². The summed E-state index contributed by atoms with van der Waals surface area (Å²) in [7, 11) is 0. The largest absolute Gasteiger partial charge is 0.466 e. The lowest BCUT2D eigenvalue weighted by molar-refractivity contribution is -0.149. The van der Waals surface area contributed by atoms with Gasteiger partial charge in [-0.05, 0) is 35.7 Å². The Morgan fingerprint density at radius 3 is 3.00 bits per heavy atom. The first-order valence-corrected chi connectivity index (χ1v) is 7.11. The van der Waals surface area contributed by atoms with Gasteiger partial charge in [-0.15, -0.1) is 0 Å². The predicted molar refractivity (Wildman–Crippen MR) is 71.7 cm³/mol. The topological polar surface area (TPSA) is 59.8 Å². The van der Waals surface area contributed by atoms with E-state index in [0.29, 0.717) is 29.9 Å². The van der Waals surface area contributed by atoms with Crippen LogP contribution >= 0.6 is 15.9 Å². The third-order valence-corrected chi connectivity index (χ3v) is 3.56. The summed E-state index contributed by atoms with van der Waals surface area (Å²) in [5.74, 6) is -0.537. The average molecular weight is 330 g/mol. The normalized spacial score (nSPS) is 19.3. The minimum atomic E-state index is -0.215. The van der Waals surface area contributed by atoms with E-state index in [1.54, 1.807) is 17.9 Å². The van der Waals surface area contributed by atoms with Crippen LogP contribution in [0.15, 0.2) is 21.4 Å². The molecule has 1 atom stereocenters. The Hall–Kier alpha value is -1.30. The second-order valence-electron chi connectivity index (χ2n) is 4.48. The number of halogens is 1. The molecule has 1 aromatic heterocycles. The minimum absolute atomic E-state index is 0.108. The van der Waals surface area contributed by atoms with Crippen molar-refractivity contribution < 1.29 is 18.7 Å². The lowest BCUT2D eigenvalue weighted by atomic mass is 9.98. The van der Waals surface area contributed by atoms with Crippen molar-refractivity contribution in [3.05, 3.63) is 22.6 Å². The molecule has 6 heteroatoms. The molecule has 0 unspecified atom stereocenters. The number of furan rings is 1. The number of piperidine rings is 1. The molecule has 0 bridgehead atoms. The maximum atomic E-state index is 12.2. The van der Waals surface area contributed by atoms with E-state index in [2.05, 4.69) is 15.9 Å². The minimum Gasteiger partial charge on any atom is -0.466 e. The molecule has 1 aliphatic rings. The van der Waals surface area contributed by atoms with Gasteiger partial charge in [0, 0.05) is 19.2 Å². The van der Waals surface area contributed by atoms with Gasteiger partial charge in [0.1, 0.15) is 6.26 Å². The highest BCUT2D eigenvalue weighted by molar-refractivity contribution is 9.10. The zero-order chi connectivity index (χ0) is 13.8. The first-order valence-electron chi connectivity index (χ1n) is 6.31. The molecule has 0 N–H and O–H groups in total. The van der Waals surface area contributed by atoms with E-state index in [4.69, 9.17) is 9.15 Å². The molecule has 1 aromatic rings. The van der Waals surface area contributed by atoms with Crippen molar-refractivity contribution in [2.75, 3.05) is 19.7 Å². The molecule has 0 aliphatic carbocycles. The standard InChI is InChI=1S/C13H16BrNO4/c1-2-18-13(17)9-4-3-5-15(7-9)12(16)10-6-11(14)19-8-10/h6,8-9H,2-5,7H2,1H3/t9-/m1/s1. The molecular formula is C13H16BrNO4. The number of carbonyl (C=O) groups excluding carboxylic acids is 2. The summed E-state index contributed by atoms with van der Waals surface area (Å²) < 4.78 is 10.6. The van der Waals surface area contributed by atoms with Crippen LogP contribution in [-0.4, -0.2) is 36.5 Å². The number of likely N-dealkylation sites (tertiary alicyclic amines) is 1. The summed E-state index contributed by atoms with van der Waals surface area (Å²) in [5, 5.41) is 0. The molecule has 1 aliphatic heterocycles. The summed E-state index contributed by atoms with van der Waals surface area (Å²) in [6.45, 7) is 3.24. The summed E-state index contributed by atoms with van der Waals surface area (Å²) in [6.07, 6.45) is 3.01. The van der Waals surface area contributed by atoms with Crippen LogP contribution in [0.1, 0.15) is 30.1 Å². The molecule has 1 amide bonds. The number of ether oxygens (including phenoxy) is 1. The SMILES string of the molecule is CCOC(=O)[C@@H]1CCCN(C(=O)c2coc(Br)c2)C1. The molecule has 0 spiro atoms. The van der Waals surface area contributed by atoms with Crippen molar-refractivity contribution >= 4 is 27.8 Å². The fourth-order valence-electron chi connectivity index (χ4n) is 2.22. The van der Waals surface area contributed by atoms with Crippen molar-refractivity contribution in [1.82, 2.24) is 4.90 Å². The maximum Gasteiger partial charge on any atom is 0.310 e. The second kappa shape index (κ2) is 6.23. The van der Waals surface area contributed by atoms with Crippen molar-refractivity contribution in [3.8, 4) is 0 Å². The van der Waals surface area contributed by atoms with Gasteiger partial charge in [0.2, 0.25) is 0 Å². The van der Waals surface area contributed by atoms with E-state index in [-0.39, 0.29) is 17.8 Å². The monoisotopic (exact) mass is 329 g/mol. The smallest absolute Gasteiger partial charge is 0.310 e. The molecule has 1 saturated heterocycles. The lowest BCUT2D eigenvalue weighted by Crippen LogP contribution is -2.42. The molecule has 5 nitrogen and oxygen atoms in total. The molecule has 0 radical (unpaired) electrons. The number of rotatable bonds is 3. The fraction of sp³-hybridized carbons (Fsp3) is 0.538. The molecule has 0 saturated carbocycles. The van der Waals surface area contributed by atoms with Crippen LogP contribution in [0, 0.1) is 5.92 Å². The Balaban J connectivity index is 2.01. The molecule has 104 valence electrons. The van der Waals surface area contributed by atoms with E-state index >= 15 is 0 Å². The number of amides is 1. The predicted octanol–water partition coefficient (Wildman–Crippen LogP) is 2.46. The molecule has 1 fully saturated rings. The van der Waals surface area contributed by atoms with Gasteiger partial charge >= 0.3 is 5.97 Å². The van der Waals surface area contributed by atoms with Crippen LogP contribution < -0.4 is 0 Å². The highest BCUT2D eigenvalue weighted by Gasteiger charge is 2.30. The second-order valence-corrected chi connectivity index (χ2v) is 5.26. The van der Waals surface area contributed by atoms with Crippen molar-refractivity contribution in [1.29, 1.82) is 0 Å². The highest BCUT2D eigenvalue weighted by atomic mass is 79.9. The summed E-state index contributed by atoms with van der Waals surface area (Å²) in [5.41, 5.74) is 0.497. The van der Waals surface area contributed by atoms with Crippen LogP contribution in [0.25, 0.3) is 0 Å². The number of hydrogen-bond donors (Lipinski definition) is 0. The lowest BCUT2D eigenvalue weighted by Gasteiger charge is -2.31. The first kappa shape index (κ1) is 14.1. The molecular weight excluding hydrogens is 314 g/mol. The Kier molecular flexibility index (Phi) is 4.63. The quantitative estimate of drug-likeness (QED) is 0.799. The van der Waals surface area contributed by atoms with Crippen molar-refractivity contribution in [3.63, 3.8) is 0 Å². The van der Waals surface area contributed by atoms with Crippen molar-refractivity contribution in [2.45, 2.75) is 19.8 Å². The van der Waals surface area contributed by atoms with E-state index in [9.17, 15) is 9.59 Å². The first-order chi connectivity index (χ1) is 9.11. The molecule has 2 rings (SSSR count). The Morgan fingerprint density at radius 1 is 1.58 bits per heavy atom. The maximum absolute atomic E-state index is 12.2. The summed E-state index contributed by atoms with van der Waals surface area (Å²) in [4.78, 5) is 25.6. The zero-order valence-electron chi connectivity index (χ0n) is 10.7. The van der Waals surface area contributed by atoms with Crippen LogP contribution in [0.4, 0.5) is 0 Å². The number of esters is 1. The van der Waals surface area contributed by atoms with Gasteiger partial charge in [-0.2, -0.15) is 0 Å². The van der Waals surface area contributed by atoms with Gasteiger partial charge in [0.15, 0.2) is 4.67 Å². The van der Waals surface area contributed by atoms with Crippen LogP contribution in [0.5, 0.6) is 0 Å². The van der Waals surface area contributed by atoms with Crippen molar-refractivity contribution in [2.24, 2.45) is 5.92 Å². The zero-order valence-corrected chi connectivity index (χ0v) is 12.3. The highest BCUT2D eigenvalue weighted by Crippen LogP contribution is 2.21. The van der Waals surface area contributed by atoms with Gasteiger partial charge in [-0.1, -0.05) is 0 Å². The Labute approximate surface area is 120 Å². The summed E-state index contributed by atoms with van der Waals surface area (Å²) >= 11 is 3.17. The van der Waals surface area contributed by atoms with Crippen LogP contribution in [0.3, 0.4) is 0 Å². The van der Waals surface area contributed by atoms with Gasteiger partial charge in [0.05, 0.1) is 18.1 Å². The van der Waals surface area contributed by atoms with Gasteiger partial charge in [0.25, 0.3) is 5.91 Å². The Morgan fingerprint density at radius 2 is 2.37 bits per heavy atom. The Bertz CT molecular complexity index is 471. The van der Waals surface area contributed by atoms with Gasteiger partial charge < -0.3 is 14.1 Å². The summed E-state index contributed by atoms with van der Waals surface area (Å²) in [6, 6.07) is 1.64. The van der Waals surface area contributed by atoms with E-state index in [1.807, 2.05) is 0 Å². The van der Waals surface area contributed by atoms with Crippen LogP contribution in [-0.2, 0) is 9.53 Å². The number of carbonyl (C=O) groups is 2. The van der Waals surface area contributed by atoms with Crippen LogP contribution in [0.2, 0.25) is 0 Å². The third-order valence-electron chi connectivity index (χ3n) is 3.14. The third kappa shape index (κ3) is 3.37. The number of nitrogens with zero attached hydrogens (tertiary/aromatic N) is 1.